The van der Waals surface area contributed by atoms with Gasteiger partial charge < -0.3 is 10.1 Å². The number of thiocarbonyl (C=S) groups is 1. The zero-order valence-electron chi connectivity index (χ0n) is 10.8. The number of hydrogen-bond donors (Lipinski definition) is 2. The fraction of sp³-hybridized carbons (Fsp3) is 0.385. The molecule has 0 aliphatic heterocycles. The molecule has 0 saturated carbocycles. The molecule has 5 heteroatoms. The Kier molecular flexibility index (Phi) is 5.58. The summed E-state index contributed by atoms with van der Waals surface area (Å²) in [5, 5.41) is 6.02. The van der Waals surface area contributed by atoms with Gasteiger partial charge in [-0.15, -0.1) is 0 Å². The average molecular weight is 266 g/mol. The van der Waals surface area contributed by atoms with E-state index in [2.05, 4.69) is 10.6 Å². The number of rotatable bonds is 4. The normalized spacial score (nSPS) is 11.5. The number of methoxy groups -OCH3 is 1. The van der Waals surface area contributed by atoms with Crippen LogP contribution in [0, 0.1) is 0 Å². The highest BCUT2D eigenvalue weighted by Crippen LogP contribution is 2.10. The summed E-state index contributed by atoms with van der Waals surface area (Å²) in [7, 11) is 1.58. The van der Waals surface area contributed by atoms with Gasteiger partial charge in [0, 0.05) is 11.6 Å². The highest BCUT2D eigenvalue weighted by Gasteiger charge is 2.08. The average Bonchev–Trinajstić information content (AvgIpc) is 2.38. The predicted molar refractivity (Wildman–Crippen MR) is 75.9 cm³/mol. The van der Waals surface area contributed by atoms with Gasteiger partial charge in [0.2, 0.25) is 0 Å². The Morgan fingerprint density at radius 2 is 2.00 bits per heavy atom. The van der Waals surface area contributed by atoms with Crippen molar-refractivity contribution in [3.63, 3.8) is 0 Å². The van der Waals surface area contributed by atoms with Crippen molar-refractivity contribution in [1.82, 2.24) is 10.6 Å². The first-order valence-corrected chi connectivity index (χ1v) is 6.23. The molecule has 0 fully saturated rings. The molecule has 0 aliphatic rings. The monoisotopic (exact) mass is 266 g/mol. The Balaban J connectivity index is 2.56. The van der Waals surface area contributed by atoms with Crippen LogP contribution >= 0.6 is 12.2 Å². The molecule has 1 unspecified atom stereocenters. The number of ether oxygens (including phenoxy) is 1. The maximum atomic E-state index is 11.8. The van der Waals surface area contributed by atoms with E-state index in [-0.39, 0.29) is 11.9 Å². The third-order valence-electron chi connectivity index (χ3n) is 2.57. The van der Waals surface area contributed by atoms with Crippen molar-refractivity contribution in [3.05, 3.63) is 29.8 Å². The zero-order chi connectivity index (χ0) is 13.5. The molecule has 0 spiro atoms. The Labute approximate surface area is 113 Å². The van der Waals surface area contributed by atoms with E-state index < -0.39 is 0 Å². The van der Waals surface area contributed by atoms with Crippen LogP contribution in [0.5, 0.6) is 5.75 Å². The Morgan fingerprint density at radius 3 is 2.50 bits per heavy atom. The van der Waals surface area contributed by atoms with E-state index in [9.17, 15) is 4.79 Å². The van der Waals surface area contributed by atoms with Crippen molar-refractivity contribution in [2.45, 2.75) is 26.3 Å². The maximum absolute atomic E-state index is 11.8. The lowest BCUT2D eigenvalue weighted by atomic mass is 10.2. The van der Waals surface area contributed by atoms with E-state index in [0.29, 0.717) is 16.4 Å². The minimum atomic E-state index is -0.224. The van der Waals surface area contributed by atoms with Crippen LogP contribution in [-0.2, 0) is 0 Å². The van der Waals surface area contributed by atoms with Crippen LogP contribution in [0.25, 0.3) is 0 Å². The molecule has 4 nitrogen and oxygen atoms in total. The SMILES string of the molecule is CCC(C)NC(=S)NC(=O)c1ccc(OC)cc1. The molecule has 1 aromatic carbocycles. The summed E-state index contributed by atoms with van der Waals surface area (Å²) in [6.45, 7) is 4.05. The molecule has 1 rings (SSSR count). The number of carbonyl (C=O) groups excluding carboxylic acids is 1. The third kappa shape index (κ3) is 4.33. The van der Waals surface area contributed by atoms with E-state index in [0.717, 1.165) is 6.42 Å². The molecule has 0 bridgehead atoms. The second-order valence-electron chi connectivity index (χ2n) is 3.97. The molecule has 1 amide bonds. The second kappa shape index (κ2) is 6.96. The van der Waals surface area contributed by atoms with Crippen molar-refractivity contribution in [2.75, 3.05) is 7.11 Å². The minimum absolute atomic E-state index is 0.224. The summed E-state index contributed by atoms with van der Waals surface area (Å²) in [5.74, 6) is 0.491. The number of carbonyl (C=O) groups is 1. The highest BCUT2D eigenvalue weighted by atomic mass is 32.1. The van der Waals surface area contributed by atoms with Gasteiger partial charge in [-0.25, -0.2) is 0 Å². The summed E-state index contributed by atoms with van der Waals surface area (Å²) in [5.41, 5.74) is 0.545. The lowest BCUT2D eigenvalue weighted by Gasteiger charge is -2.14. The number of benzene rings is 1. The van der Waals surface area contributed by atoms with Crippen LogP contribution in [0.15, 0.2) is 24.3 Å². The van der Waals surface area contributed by atoms with Crippen LogP contribution in [-0.4, -0.2) is 24.2 Å². The number of hydrogen-bond acceptors (Lipinski definition) is 3. The van der Waals surface area contributed by atoms with Crippen LogP contribution in [0.3, 0.4) is 0 Å². The van der Waals surface area contributed by atoms with Crippen molar-refractivity contribution >= 4 is 23.2 Å². The quantitative estimate of drug-likeness (QED) is 0.819. The van der Waals surface area contributed by atoms with Crippen molar-refractivity contribution in [1.29, 1.82) is 0 Å². The molecule has 18 heavy (non-hydrogen) atoms. The first-order chi connectivity index (χ1) is 8.56. The van der Waals surface area contributed by atoms with Gasteiger partial charge in [0.1, 0.15) is 5.75 Å². The molecule has 0 aliphatic carbocycles. The van der Waals surface area contributed by atoms with E-state index >= 15 is 0 Å². The van der Waals surface area contributed by atoms with Crippen molar-refractivity contribution in [2.24, 2.45) is 0 Å². The minimum Gasteiger partial charge on any atom is -0.497 e. The molecule has 0 radical (unpaired) electrons. The summed E-state index contributed by atoms with van der Waals surface area (Å²) in [6.07, 6.45) is 0.943. The van der Waals surface area contributed by atoms with Gasteiger partial charge in [-0.2, -0.15) is 0 Å². The molecule has 1 aromatic rings. The second-order valence-corrected chi connectivity index (χ2v) is 4.37. The van der Waals surface area contributed by atoms with E-state index in [1.165, 1.54) is 0 Å². The molecular weight excluding hydrogens is 248 g/mol. The first-order valence-electron chi connectivity index (χ1n) is 5.82. The lowest BCUT2D eigenvalue weighted by Crippen LogP contribution is -2.43. The van der Waals surface area contributed by atoms with Gasteiger partial charge in [-0.1, -0.05) is 6.92 Å². The fourth-order valence-electron chi connectivity index (χ4n) is 1.28. The van der Waals surface area contributed by atoms with Crippen LogP contribution < -0.4 is 15.4 Å². The molecule has 2 N–H and O–H groups in total. The Morgan fingerprint density at radius 1 is 1.39 bits per heavy atom. The van der Waals surface area contributed by atoms with Gasteiger partial charge in [0.05, 0.1) is 7.11 Å². The number of amides is 1. The van der Waals surface area contributed by atoms with Gasteiger partial charge >= 0.3 is 0 Å². The maximum Gasteiger partial charge on any atom is 0.257 e. The Bertz CT molecular complexity index is 418. The van der Waals surface area contributed by atoms with E-state index in [4.69, 9.17) is 17.0 Å². The van der Waals surface area contributed by atoms with Crippen LogP contribution in [0.1, 0.15) is 30.6 Å². The van der Waals surface area contributed by atoms with Gasteiger partial charge in [-0.3, -0.25) is 10.1 Å². The van der Waals surface area contributed by atoms with Crippen LogP contribution in [0.2, 0.25) is 0 Å². The van der Waals surface area contributed by atoms with Crippen molar-refractivity contribution in [3.8, 4) is 5.75 Å². The Hall–Kier alpha value is -1.62. The highest BCUT2D eigenvalue weighted by molar-refractivity contribution is 7.80. The smallest absolute Gasteiger partial charge is 0.257 e. The van der Waals surface area contributed by atoms with Crippen molar-refractivity contribution < 1.29 is 9.53 Å². The van der Waals surface area contributed by atoms with Crippen LogP contribution in [0.4, 0.5) is 0 Å². The molecule has 98 valence electrons. The van der Waals surface area contributed by atoms with Gasteiger partial charge in [-0.05, 0) is 49.8 Å². The predicted octanol–water partition coefficient (Wildman–Crippen LogP) is 2.10. The number of nitrogens with one attached hydrogen (secondary N) is 2. The summed E-state index contributed by atoms with van der Waals surface area (Å²) in [4.78, 5) is 11.8. The fourth-order valence-corrected chi connectivity index (χ4v) is 1.57. The molecule has 0 saturated heterocycles. The molecule has 1 atom stereocenters. The first kappa shape index (κ1) is 14.4. The molecule has 0 aromatic heterocycles. The largest absolute Gasteiger partial charge is 0.497 e. The third-order valence-corrected chi connectivity index (χ3v) is 2.79. The summed E-state index contributed by atoms with van der Waals surface area (Å²) in [6, 6.07) is 7.11. The standard InChI is InChI=1S/C13H18N2O2S/c1-4-9(2)14-13(18)15-12(16)10-5-7-11(17-3)8-6-10/h5-9H,4H2,1-3H3,(H2,14,15,16,18). The van der Waals surface area contributed by atoms with E-state index in [1.807, 2.05) is 13.8 Å². The van der Waals surface area contributed by atoms with Gasteiger partial charge in [0.25, 0.3) is 5.91 Å². The van der Waals surface area contributed by atoms with Gasteiger partial charge in [0.15, 0.2) is 5.11 Å². The molecular formula is C13H18N2O2S. The van der Waals surface area contributed by atoms with E-state index in [1.54, 1.807) is 31.4 Å². The summed E-state index contributed by atoms with van der Waals surface area (Å²) < 4.78 is 5.03. The lowest BCUT2D eigenvalue weighted by molar-refractivity contribution is 0.0976. The topological polar surface area (TPSA) is 50.4 Å². The zero-order valence-corrected chi connectivity index (χ0v) is 11.6. The summed E-state index contributed by atoms with van der Waals surface area (Å²) >= 11 is 5.05. The molecule has 0 heterocycles.